The summed E-state index contributed by atoms with van der Waals surface area (Å²) in [6.07, 6.45) is 0.413. The van der Waals surface area contributed by atoms with Crippen LogP contribution < -0.4 is 11.1 Å². The van der Waals surface area contributed by atoms with Gasteiger partial charge in [-0.2, -0.15) is 0 Å². The Morgan fingerprint density at radius 3 is 2.80 bits per heavy atom. The number of hydrogen-bond acceptors (Lipinski definition) is 4. The van der Waals surface area contributed by atoms with Gasteiger partial charge in [-0.15, -0.1) is 12.4 Å². The molecular formula is C8H12ClN3O3. The number of aromatic nitrogens is 2. The number of nitrogens with one attached hydrogen (secondary N) is 1. The van der Waals surface area contributed by atoms with Crippen LogP contribution in [-0.2, 0) is 6.54 Å². The first-order valence-corrected chi connectivity index (χ1v) is 4.11. The molecule has 1 heterocycles. The Kier molecular flexibility index (Phi) is 5.40. The summed E-state index contributed by atoms with van der Waals surface area (Å²) in [4.78, 5) is 22.0. The van der Waals surface area contributed by atoms with Gasteiger partial charge < -0.3 is 5.21 Å². The molecule has 0 atom stereocenters. The number of aryl methyl sites for hydroxylation is 1. The van der Waals surface area contributed by atoms with Crippen molar-refractivity contribution in [1.29, 1.82) is 0 Å². The van der Waals surface area contributed by atoms with Gasteiger partial charge in [0.15, 0.2) is 0 Å². The third-order valence-corrected chi connectivity index (χ3v) is 1.76. The van der Waals surface area contributed by atoms with Crippen molar-refractivity contribution < 1.29 is 5.21 Å². The molecule has 1 aromatic heterocycles. The smallest absolute Gasteiger partial charge is 0.265 e. The molecule has 0 aliphatic rings. The van der Waals surface area contributed by atoms with E-state index < -0.39 is 0 Å². The highest BCUT2D eigenvalue weighted by molar-refractivity contribution is 5.85. The van der Waals surface area contributed by atoms with Gasteiger partial charge in [-0.1, -0.05) is 5.16 Å². The summed E-state index contributed by atoms with van der Waals surface area (Å²) in [5.41, 5.74) is -0.111. The van der Waals surface area contributed by atoms with Crippen molar-refractivity contribution in [2.24, 2.45) is 5.16 Å². The fourth-order valence-electron chi connectivity index (χ4n) is 0.952. The number of hydrogen-bond donors (Lipinski definition) is 2. The van der Waals surface area contributed by atoms with Gasteiger partial charge in [0.1, 0.15) is 0 Å². The summed E-state index contributed by atoms with van der Waals surface area (Å²) in [5.74, 6) is 0. The summed E-state index contributed by atoms with van der Waals surface area (Å²) in [5, 5.41) is 13.7. The zero-order valence-corrected chi connectivity index (χ0v) is 8.95. The van der Waals surface area contributed by atoms with Crippen molar-refractivity contribution in [3.8, 4) is 0 Å². The SMILES string of the molecule is CC(CCn1[nH]c(=O)ccc1=O)=NO.Cl. The Balaban J connectivity index is 0.00000196. The van der Waals surface area contributed by atoms with Gasteiger partial charge in [0, 0.05) is 25.1 Å². The molecule has 6 nitrogen and oxygen atoms in total. The Labute approximate surface area is 91.6 Å². The van der Waals surface area contributed by atoms with E-state index in [0.717, 1.165) is 0 Å². The molecule has 0 bridgehead atoms. The van der Waals surface area contributed by atoms with E-state index >= 15 is 0 Å². The molecule has 0 saturated heterocycles. The third kappa shape index (κ3) is 3.99. The summed E-state index contributed by atoms with van der Waals surface area (Å²) in [7, 11) is 0. The first kappa shape index (κ1) is 13.4. The lowest BCUT2D eigenvalue weighted by Gasteiger charge is -2.02. The second kappa shape index (κ2) is 6.02. The van der Waals surface area contributed by atoms with Gasteiger partial charge in [0.25, 0.3) is 11.1 Å². The second-order valence-electron chi connectivity index (χ2n) is 2.88. The highest BCUT2D eigenvalue weighted by Crippen LogP contribution is 1.86. The predicted molar refractivity (Wildman–Crippen MR) is 58.1 cm³/mol. The fraction of sp³-hybridized carbons (Fsp3) is 0.375. The Bertz CT molecular complexity index is 449. The number of halogens is 1. The second-order valence-corrected chi connectivity index (χ2v) is 2.88. The van der Waals surface area contributed by atoms with Crippen LogP contribution in [0.15, 0.2) is 26.9 Å². The Hall–Kier alpha value is -1.56. The zero-order valence-electron chi connectivity index (χ0n) is 8.14. The predicted octanol–water partition coefficient (Wildman–Crippen LogP) is 0.199. The van der Waals surface area contributed by atoms with Crippen LogP contribution in [0.1, 0.15) is 13.3 Å². The van der Waals surface area contributed by atoms with Crippen molar-refractivity contribution in [1.82, 2.24) is 9.78 Å². The molecule has 0 aliphatic carbocycles. The van der Waals surface area contributed by atoms with E-state index in [-0.39, 0.29) is 23.5 Å². The first-order valence-electron chi connectivity index (χ1n) is 4.11. The summed E-state index contributed by atoms with van der Waals surface area (Å²) in [6, 6.07) is 2.37. The summed E-state index contributed by atoms with van der Waals surface area (Å²) >= 11 is 0. The van der Waals surface area contributed by atoms with E-state index in [1.165, 1.54) is 16.8 Å². The van der Waals surface area contributed by atoms with Gasteiger partial charge in [0.2, 0.25) is 0 Å². The standard InChI is InChI=1S/C8H11N3O3.ClH/c1-6(10-14)4-5-11-8(13)3-2-7(12)9-11;/h2-3,14H,4-5H2,1H3,(H,9,12);1H. The molecule has 0 saturated carbocycles. The number of H-pyrrole nitrogens is 1. The van der Waals surface area contributed by atoms with Gasteiger partial charge in [-0.25, -0.2) is 4.68 Å². The van der Waals surface area contributed by atoms with Crippen molar-refractivity contribution >= 4 is 18.1 Å². The van der Waals surface area contributed by atoms with Crippen LogP contribution in [0.3, 0.4) is 0 Å². The molecule has 0 aromatic carbocycles. The maximum Gasteiger partial charge on any atom is 0.265 e. The lowest BCUT2D eigenvalue weighted by atomic mass is 10.3. The minimum absolute atomic E-state index is 0. The van der Waals surface area contributed by atoms with E-state index in [4.69, 9.17) is 5.21 Å². The molecular weight excluding hydrogens is 222 g/mol. The van der Waals surface area contributed by atoms with Crippen LogP contribution in [0.25, 0.3) is 0 Å². The zero-order chi connectivity index (χ0) is 10.6. The van der Waals surface area contributed by atoms with Crippen LogP contribution in [-0.4, -0.2) is 20.7 Å². The molecule has 7 heteroatoms. The van der Waals surface area contributed by atoms with Crippen molar-refractivity contribution in [3.05, 3.63) is 32.8 Å². The molecule has 0 fully saturated rings. The van der Waals surface area contributed by atoms with E-state index in [0.29, 0.717) is 18.7 Å². The van der Waals surface area contributed by atoms with Crippen LogP contribution >= 0.6 is 12.4 Å². The van der Waals surface area contributed by atoms with E-state index in [1.807, 2.05) is 0 Å². The van der Waals surface area contributed by atoms with Gasteiger partial charge >= 0.3 is 0 Å². The van der Waals surface area contributed by atoms with E-state index in [1.54, 1.807) is 6.92 Å². The monoisotopic (exact) mass is 233 g/mol. The average Bonchev–Trinajstić information content (AvgIpc) is 2.19. The summed E-state index contributed by atoms with van der Waals surface area (Å²) in [6.45, 7) is 1.93. The van der Waals surface area contributed by atoms with Crippen LogP contribution in [0.4, 0.5) is 0 Å². The Morgan fingerprint density at radius 1 is 1.53 bits per heavy atom. The quantitative estimate of drug-likeness (QED) is 0.444. The Morgan fingerprint density at radius 2 is 2.20 bits per heavy atom. The maximum atomic E-state index is 11.2. The van der Waals surface area contributed by atoms with Crippen LogP contribution in [0, 0.1) is 0 Å². The van der Waals surface area contributed by atoms with Gasteiger partial charge in [0.05, 0.1) is 5.71 Å². The minimum atomic E-state index is -0.330. The number of rotatable bonds is 3. The molecule has 15 heavy (non-hydrogen) atoms. The van der Waals surface area contributed by atoms with Crippen molar-refractivity contribution in [2.45, 2.75) is 19.9 Å². The fourth-order valence-corrected chi connectivity index (χ4v) is 0.952. The molecule has 1 rings (SSSR count). The lowest BCUT2D eigenvalue weighted by molar-refractivity contribution is 0.316. The van der Waals surface area contributed by atoms with Gasteiger partial charge in [-0.05, 0) is 6.92 Å². The lowest BCUT2D eigenvalue weighted by Crippen LogP contribution is -2.28. The molecule has 0 amide bonds. The number of nitrogens with zero attached hydrogens (tertiary/aromatic N) is 2. The van der Waals surface area contributed by atoms with Crippen molar-refractivity contribution in [3.63, 3.8) is 0 Å². The third-order valence-electron chi connectivity index (χ3n) is 1.76. The van der Waals surface area contributed by atoms with Gasteiger partial charge in [-0.3, -0.25) is 14.7 Å². The summed E-state index contributed by atoms with van der Waals surface area (Å²) < 4.78 is 1.18. The van der Waals surface area contributed by atoms with E-state index in [9.17, 15) is 9.59 Å². The number of aromatic amines is 1. The average molecular weight is 234 g/mol. The van der Waals surface area contributed by atoms with E-state index in [2.05, 4.69) is 10.3 Å². The topological polar surface area (TPSA) is 87.5 Å². The molecule has 0 unspecified atom stereocenters. The van der Waals surface area contributed by atoms with Crippen molar-refractivity contribution in [2.75, 3.05) is 0 Å². The molecule has 0 aliphatic heterocycles. The highest BCUT2D eigenvalue weighted by Gasteiger charge is 1.97. The normalized spacial score (nSPS) is 10.9. The molecule has 2 N–H and O–H groups in total. The van der Waals surface area contributed by atoms with Crippen LogP contribution in [0.5, 0.6) is 0 Å². The first-order chi connectivity index (χ1) is 6.63. The minimum Gasteiger partial charge on any atom is -0.411 e. The molecule has 0 radical (unpaired) electrons. The van der Waals surface area contributed by atoms with Crippen LogP contribution in [0.2, 0.25) is 0 Å². The number of oxime groups is 1. The molecule has 0 spiro atoms. The highest BCUT2D eigenvalue weighted by atomic mass is 35.5. The maximum absolute atomic E-state index is 11.2. The molecule has 1 aromatic rings. The largest absolute Gasteiger partial charge is 0.411 e. The molecule has 84 valence electrons.